The highest BCUT2D eigenvalue weighted by Crippen LogP contribution is 2.61. The van der Waals surface area contributed by atoms with Crippen LogP contribution in [-0.2, 0) is 16.1 Å². The molecule has 3 heteroatoms. The van der Waals surface area contributed by atoms with E-state index < -0.39 is 7.26 Å². The van der Waals surface area contributed by atoms with Gasteiger partial charge in [-0.2, -0.15) is 0 Å². The van der Waals surface area contributed by atoms with Crippen LogP contribution in [0, 0.1) is 0 Å². The zero-order valence-electron chi connectivity index (χ0n) is 33.6. The molecule has 0 saturated heterocycles. The number of benzene rings is 1. The summed E-state index contributed by atoms with van der Waals surface area (Å²) in [5.74, 6) is 0.0300. The van der Waals surface area contributed by atoms with Gasteiger partial charge in [-0.05, 0) is 44.1 Å². The van der Waals surface area contributed by atoms with E-state index >= 15 is 0 Å². The predicted octanol–water partition coefficient (Wildman–Crippen LogP) is 15.9. The van der Waals surface area contributed by atoms with Crippen LogP contribution in [0.15, 0.2) is 30.3 Å². The van der Waals surface area contributed by atoms with Crippen molar-refractivity contribution >= 4 is 13.2 Å². The van der Waals surface area contributed by atoms with E-state index in [2.05, 4.69) is 32.9 Å². The van der Waals surface area contributed by atoms with Gasteiger partial charge in [0.15, 0.2) is 0 Å². The first-order valence-corrected chi connectivity index (χ1v) is 24.7. The van der Waals surface area contributed by atoms with Crippen LogP contribution < -0.4 is 0 Å². The molecule has 0 spiro atoms. The van der Waals surface area contributed by atoms with Crippen molar-refractivity contribution < 1.29 is 9.53 Å². The van der Waals surface area contributed by atoms with Crippen LogP contribution in [0.2, 0.25) is 0 Å². The molecule has 0 aliphatic rings. The minimum absolute atomic E-state index is 0.0300. The predicted molar refractivity (Wildman–Crippen MR) is 223 cm³/mol. The van der Waals surface area contributed by atoms with Crippen molar-refractivity contribution in [2.24, 2.45) is 0 Å². The Morgan fingerprint density at radius 3 is 1.06 bits per heavy atom. The van der Waals surface area contributed by atoms with Gasteiger partial charge in [0, 0.05) is 7.26 Å². The van der Waals surface area contributed by atoms with Crippen molar-refractivity contribution in [1.82, 2.24) is 0 Å². The highest BCUT2D eigenvalue weighted by molar-refractivity contribution is 7.75. The molecule has 286 valence electrons. The van der Waals surface area contributed by atoms with Crippen molar-refractivity contribution in [3.8, 4) is 0 Å². The molecular weight excluding hydrogens is 615 g/mol. The zero-order chi connectivity index (χ0) is 35.4. The monoisotopic (exact) mass is 702 g/mol. The smallest absolute Gasteiger partial charge is 0.309 e. The van der Waals surface area contributed by atoms with Gasteiger partial charge in [0.05, 0.1) is 31.1 Å². The lowest BCUT2D eigenvalue weighted by Crippen LogP contribution is -2.16. The summed E-state index contributed by atoms with van der Waals surface area (Å²) in [6.45, 7) is 7.34. The second kappa shape index (κ2) is 35.5. The highest BCUT2D eigenvalue weighted by Gasteiger charge is 2.36. The summed E-state index contributed by atoms with van der Waals surface area (Å²) in [6, 6.07) is 10.2. The van der Waals surface area contributed by atoms with Crippen LogP contribution in [0.25, 0.3) is 0 Å². The van der Waals surface area contributed by atoms with Crippen molar-refractivity contribution in [3.63, 3.8) is 0 Å². The molecule has 0 unspecified atom stereocenters. The van der Waals surface area contributed by atoms with Crippen LogP contribution in [-0.4, -0.2) is 30.6 Å². The van der Waals surface area contributed by atoms with Gasteiger partial charge >= 0.3 is 5.97 Å². The van der Waals surface area contributed by atoms with Crippen LogP contribution >= 0.6 is 7.26 Å². The number of unbranched alkanes of at least 4 members (excludes halogenated alkanes) is 27. The number of carbonyl (C=O) groups excluding carboxylic acids is 1. The van der Waals surface area contributed by atoms with E-state index in [1.807, 2.05) is 18.2 Å². The Labute approximate surface area is 308 Å². The number of carbonyl (C=O) groups is 1. The summed E-state index contributed by atoms with van der Waals surface area (Å²) in [4.78, 5) is 13.1. The fourth-order valence-electron chi connectivity index (χ4n) is 7.61. The SMILES string of the molecule is CCCCCCCCCCCC[P+](CCCCCCCCCCCC)(CCCCCCCCCCCC)CCC(=O)OCc1ccccc1. The molecule has 49 heavy (non-hydrogen) atoms. The molecular formula is C46H86O2P+. The molecule has 0 fully saturated rings. The van der Waals surface area contributed by atoms with E-state index in [-0.39, 0.29) is 5.97 Å². The normalized spacial score (nSPS) is 11.7. The lowest BCUT2D eigenvalue weighted by atomic mass is 10.1. The third-order valence-electron chi connectivity index (χ3n) is 11.0. The number of hydrogen-bond acceptors (Lipinski definition) is 2. The van der Waals surface area contributed by atoms with Gasteiger partial charge in [0.2, 0.25) is 0 Å². The van der Waals surface area contributed by atoms with E-state index in [9.17, 15) is 4.79 Å². The molecule has 0 atom stereocenters. The van der Waals surface area contributed by atoms with Gasteiger partial charge in [0.1, 0.15) is 6.61 Å². The Morgan fingerprint density at radius 2 is 0.735 bits per heavy atom. The lowest BCUT2D eigenvalue weighted by molar-refractivity contribution is -0.144. The molecule has 1 aromatic carbocycles. The first kappa shape index (κ1) is 46.1. The number of ether oxygens (including phenoxy) is 1. The first-order chi connectivity index (χ1) is 24.2. The second-order valence-electron chi connectivity index (χ2n) is 15.7. The van der Waals surface area contributed by atoms with Gasteiger partial charge in [-0.15, -0.1) is 0 Å². The average Bonchev–Trinajstić information content (AvgIpc) is 3.12. The largest absolute Gasteiger partial charge is 0.461 e. The van der Waals surface area contributed by atoms with Crippen molar-refractivity contribution in [1.29, 1.82) is 0 Å². The molecule has 0 aromatic heterocycles. The lowest BCUT2D eigenvalue weighted by Gasteiger charge is -2.28. The number of rotatable bonds is 38. The van der Waals surface area contributed by atoms with Crippen molar-refractivity contribution in [3.05, 3.63) is 35.9 Å². The van der Waals surface area contributed by atoms with Crippen molar-refractivity contribution in [2.45, 2.75) is 226 Å². The fraction of sp³-hybridized carbons (Fsp3) is 0.848. The summed E-state index contributed by atoms with van der Waals surface area (Å²) >= 11 is 0. The van der Waals surface area contributed by atoms with E-state index in [0.29, 0.717) is 13.0 Å². The topological polar surface area (TPSA) is 26.3 Å². The van der Waals surface area contributed by atoms with Gasteiger partial charge in [0.25, 0.3) is 0 Å². The summed E-state index contributed by atoms with van der Waals surface area (Å²) in [5, 5.41) is 0. The summed E-state index contributed by atoms with van der Waals surface area (Å²) in [6.07, 6.45) is 48.2. The molecule has 0 saturated carbocycles. The van der Waals surface area contributed by atoms with Crippen LogP contribution in [0.3, 0.4) is 0 Å². The molecule has 0 N–H and O–H groups in total. The fourth-order valence-corrected chi connectivity index (χ4v) is 12.3. The van der Waals surface area contributed by atoms with Crippen LogP contribution in [0.1, 0.15) is 225 Å². The van der Waals surface area contributed by atoms with E-state index in [0.717, 1.165) is 11.7 Å². The molecule has 2 nitrogen and oxygen atoms in total. The Hall–Kier alpha value is -0.880. The van der Waals surface area contributed by atoms with Gasteiger partial charge in [-0.3, -0.25) is 4.79 Å². The van der Waals surface area contributed by atoms with E-state index in [4.69, 9.17) is 4.74 Å². The second-order valence-corrected chi connectivity index (χ2v) is 20.2. The molecule has 0 radical (unpaired) electrons. The quantitative estimate of drug-likeness (QED) is 0.0390. The van der Waals surface area contributed by atoms with Crippen molar-refractivity contribution in [2.75, 3.05) is 24.6 Å². The van der Waals surface area contributed by atoms with Crippen LogP contribution in [0.5, 0.6) is 0 Å². The van der Waals surface area contributed by atoms with Gasteiger partial charge < -0.3 is 4.74 Å². The van der Waals surface area contributed by atoms with E-state index in [1.54, 1.807) is 0 Å². The molecule has 1 aromatic rings. The molecule has 0 amide bonds. The maximum Gasteiger partial charge on any atom is 0.309 e. The average molecular weight is 702 g/mol. The molecule has 0 aliphatic carbocycles. The molecule has 0 heterocycles. The maximum atomic E-state index is 13.1. The Morgan fingerprint density at radius 1 is 0.429 bits per heavy atom. The van der Waals surface area contributed by atoms with Crippen LogP contribution in [0.4, 0.5) is 0 Å². The minimum atomic E-state index is -1.17. The van der Waals surface area contributed by atoms with Gasteiger partial charge in [-0.1, -0.05) is 205 Å². The van der Waals surface area contributed by atoms with Gasteiger partial charge in [-0.25, -0.2) is 0 Å². The molecule has 0 aliphatic heterocycles. The highest BCUT2D eigenvalue weighted by atomic mass is 31.2. The standard InChI is InChI=1S/C46H86O2P/c1-4-7-10-13-16-19-22-25-28-34-40-49(41-35-29-26-23-20-17-14-11-8-5-2,42-36-30-27-24-21-18-15-12-9-6-3)43-39-46(47)48-44-45-37-32-31-33-38-45/h31-33,37-38H,4-30,34-36,39-44H2,1-3H3/q+1. The summed E-state index contributed by atoms with van der Waals surface area (Å²) < 4.78 is 5.82. The summed E-state index contributed by atoms with van der Waals surface area (Å²) in [7, 11) is -1.17. The number of esters is 1. The maximum absolute atomic E-state index is 13.1. The third-order valence-corrected chi connectivity index (χ3v) is 16.0. The Balaban J connectivity index is 2.68. The Kier molecular flexibility index (Phi) is 33.4. The Bertz CT molecular complexity index is 749. The molecule has 1 rings (SSSR count). The first-order valence-electron chi connectivity index (χ1n) is 22.2. The third kappa shape index (κ3) is 29.4. The molecule has 0 bridgehead atoms. The van der Waals surface area contributed by atoms with E-state index in [1.165, 1.54) is 211 Å². The summed E-state index contributed by atoms with van der Waals surface area (Å²) in [5.41, 5.74) is 1.10. The number of hydrogen-bond donors (Lipinski definition) is 0. The zero-order valence-corrected chi connectivity index (χ0v) is 34.5. The minimum Gasteiger partial charge on any atom is -0.461 e.